The van der Waals surface area contributed by atoms with Gasteiger partial charge in [-0.25, -0.2) is 13.6 Å². The lowest BCUT2D eigenvalue weighted by Crippen LogP contribution is -2.12. The Morgan fingerprint density at radius 2 is 1.92 bits per heavy atom. The molecule has 2 aromatic heterocycles. The molecule has 7 nitrogen and oxygen atoms in total. The maximum Gasteiger partial charge on any atom is 0.239 e. The quantitative estimate of drug-likeness (QED) is 0.895. The van der Waals surface area contributed by atoms with Gasteiger partial charge >= 0.3 is 0 Å². The number of pyridine rings is 1. The lowest BCUT2D eigenvalue weighted by molar-refractivity contribution is 0.360. The van der Waals surface area contributed by atoms with Gasteiger partial charge in [-0.2, -0.15) is 4.98 Å². The zero-order valence-electron chi connectivity index (χ0n) is 14.3. The van der Waals surface area contributed by atoms with Gasteiger partial charge in [-0.05, 0) is 30.4 Å². The van der Waals surface area contributed by atoms with Crippen LogP contribution in [0, 0.1) is 5.41 Å². The average molecular weight is 362 g/mol. The second-order valence-electron chi connectivity index (χ2n) is 7.71. The molecule has 0 saturated heterocycles. The molecule has 2 aliphatic carbocycles. The van der Waals surface area contributed by atoms with Crippen molar-refractivity contribution < 1.29 is 12.9 Å². The minimum Gasteiger partial charge on any atom is -0.339 e. The Bertz CT molecular complexity index is 883. The standard InChI is InChI=1S/C17H22N4O3S/c1-17(2)13(12-8-7-11(9-19-12)25(18,22)23)14(17)16-20-15(21-24-16)10-5-3-4-6-10/h7-10,13-14H,3-6H2,1-2H3,(H2,18,22,23)/t13-,14+/m0/s1. The number of sulfonamides is 1. The molecule has 0 spiro atoms. The van der Waals surface area contributed by atoms with Crippen LogP contribution in [0.15, 0.2) is 27.7 Å². The number of nitrogens with two attached hydrogens (primary N) is 1. The highest BCUT2D eigenvalue weighted by Crippen LogP contribution is 2.69. The summed E-state index contributed by atoms with van der Waals surface area (Å²) < 4.78 is 28.3. The predicted octanol–water partition coefficient (Wildman–Crippen LogP) is 2.68. The van der Waals surface area contributed by atoms with E-state index in [1.807, 2.05) is 0 Å². The van der Waals surface area contributed by atoms with Gasteiger partial charge in [0.2, 0.25) is 15.9 Å². The van der Waals surface area contributed by atoms with Crippen molar-refractivity contribution >= 4 is 10.0 Å². The largest absolute Gasteiger partial charge is 0.339 e. The summed E-state index contributed by atoms with van der Waals surface area (Å²) in [7, 11) is -3.73. The minimum absolute atomic E-state index is 0.0209. The second kappa shape index (κ2) is 5.60. The zero-order chi connectivity index (χ0) is 17.8. The van der Waals surface area contributed by atoms with Gasteiger partial charge in [0.15, 0.2) is 5.82 Å². The van der Waals surface area contributed by atoms with E-state index in [4.69, 9.17) is 9.66 Å². The molecule has 2 aromatic rings. The first-order valence-corrected chi connectivity index (χ1v) is 10.2. The van der Waals surface area contributed by atoms with Gasteiger partial charge in [0.05, 0.1) is 5.92 Å². The highest BCUT2D eigenvalue weighted by atomic mass is 32.2. The Labute approximate surface area is 147 Å². The van der Waals surface area contributed by atoms with Crippen LogP contribution >= 0.6 is 0 Å². The van der Waals surface area contributed by atoms with E-state index in [1.165, 1.54) is 25.1 Å². The van der Waals surface area contributed by atoms with Crippen LogP contribution in [0.2, 0.25) is 0 Å². The highest BCUT2D eigenvalue weighted by Gasteiger charge is 2.62. The fourth-order valence-corrected chi connectivity index (χ4v) is 4.58. The van der Waals surface area contributed by atoms with Crippen LogP contribution < -0.4 is 5.14 Å². The van der Waals surface area contributed by atoms with Crippen LogP contribution in [0.25, 0.3) is 0 Å². The zero-order valence-corrected chi connectivity index (χ0v) is 15.2. The third-order valence-corrected chi connectivity index (χ3v) is 6.58. The Balaban J connectivity index is 1.57. The number of nitrogens with zero attached hydrogens (tertiary/aromatic N) is 3. The molecule has 2 atom stereocenters. The fraction of sp³-hybridized carbons (Fsp3) is 0.588. The minimum atomic E-state index is -3.73. The maximum atomic E-state index is 11.4. The fourth-order valence-electron chi connectivity index (χ4n) is 4.12. The number of hydrogen-bond acceptors (Lipinski definition) is 6. The van der Waals surface area contributed by atoms with E-state index in [9.17, 15) is 8.42 Å². The van der Waals surface area contributed by atoms with Gasteiger partial charge in [-0.1, -0.05) is 31.8 Å². The molecule has 0 aliphatic heterocycles. The van der Waals surface area contributed by atoms with Gasteiger partial charge in [-0.15, -0.1) is 0 Å². The smallest absolute Gasteiger partial charge is 0.239 e. The molecule has 4 rings (SSSR count). The summed E-state index contributed by atoms with van der Waals surface area (Å²) in [5.41, 5.74) is 0.762. The number of rotatable bonds is 4. The molecule has 0 amide bonds. The summed E-state index contributed by atoms with van der Waals surface area (Å²) in [6, 6.07) is 3.22. The van der Waals surface area contributed by atoms with E-state index < -0.39 is 10.0 Å². The van der Waals surface area contributed by atoms with Crippen LogP contribution in [0.4, 0.5) is 0 Å². The third kappa shape index (κ3) is 2.87. The van der Waals surface area contributed by atoms with Crippen molar-refractivity contribution in [3.05, 3.63) is 35.7 Å². The molecule has 0 unspecified atom stereocenters. The highest BCUT2D eigenvalue weighted by molar-refractivity contribution is 7.89. The molecule has 2 heterocycles. The van der Waals surface area contributed by atoms with E-state index in [0.717, 1.165) is 24.4 Å². The molecular weight excluding hydrogens is 340 g/mol. The summed E-state index contributed by atoms with van der Waals surface area (Å²) >= 11 is 0. The van der Waals surface area contributed by atoms with Crippen LogP contribution in [0.1, 0.15) is 74.7 Å². The number of hydrogen-bond donors (Lipinski definition) is 1. The Morgan fingerprint density at radius 3 is 2.52 bits per heavy atom. The van der Waals surface area contributed by atoms with E-state index in [0.29, 0.717) is 11.8 Å². The lowest BCUT2D eigenvalue weighted by atomic mass is 10.1. The van der Waals surface area contributed by atoms with Crippen LogP contribution in [-0.4, -0.2) is 23.5 Å². The molecule has 8 heteroatoms. The van der Waals surface area contributed by atoms with Crippen LogP contribution in [-0.2, 0) is 10.0 Å². The number of aromatic nitrogens is 3. The van der Waals surface area contributed by atoms with Gasteiger partial charge in [0.25, 0.3) is 0 Å². The molecule has 2 fully saturated rings. The van der Waals surface area contributed by atoms with Crippen molar-refractivity contribution in [3.8, 4) is 0 Å². The van der Waals surface area contributed by atoms with E-state index >= 15 is 0 Å². The molecule has 25 heavy (non-hydrogen) atoms. The van der Waals surface area contributed by atoms with Crippen molar-refractivity contribution in [1.82, 2.24) is 15.1 Å². The molecule has 2 N–H and O–H groups in total. The summed E-state index contributed by atoms with van der Waals surface area (Å²) in [6.07, 6.45) is 6.03. The summed E-state index contributed by atoms with van der Waals surface area (Å²) in [6.45, 7) is 4.27. The van der Waals surface area contributed by atoms with Crippen molar-refractivity contribution in [3.63, 3.8) is 0 Å². The Kier molecular flexibility index (Phi) is 3.73. The van der Waals surface area contributed by atoms with Gasteiger partial charge < -0.3 is 4.52 Å². The molecule has 0 bridgehead atoms. The predicted molar refractivity (Wildman–Crippen MR) is 90.4 cm³/mol. The van der Waals surface area contributed by atoms with Crippen molar-refractivity contribution in [2.75, 3.05) is 0 Å². The topological polar surface area (TPSA) is 112 Å². The third-order valence-electron chi connectivity index (χ3n) is 5.68. The maximum absolute atomic E-state index is 11.4. The van der Waals surface area contributed by atoms with Crippen molar-refractivity contribution in [2.45, 2.75) is 62.2 Å². The van der Waals surface area contributed by atoms with Crippen molar-refractivity contribution in [2.24, 2.45) is 10.6 Å². The van der Waals surface area contributed by atoms with Crippen LogP contribution in [0.3, 0.4) is 0 Å². The van der Waals surface area contributed by atoms with E-state index in [-0.39, 0.29) is 22.1 Å². The molecule has 2 saturated carbocycles. The Morgan fingerprint density at radius 1 is 1.20 bits per heavy atom. The Hall–Kier alpha value is -1.80. The van der Waals surface area contributed by atoms with Crippen LogP contribution in [0.5, 0.6) is 0 Å². The summed E-state index contributed by atoms with van der Waals surface area (Å²) in [4.78, 5) is 9.00. The average Bonchev–Trinajstić information content (AvgIpc) is 3.03. The lowest BCUT2D eigenvalue weighted by Gasteiger charge is -2.03. The first-order chi connectivity index (χ1) is 11.8. The second-order valence-corrected chi connectivity index (χ2v) is 9.27. The SMILES string of the molecule is CC1(C)[C@@H](c2ccc(S(N)(=O)=O)cn2)[C@@H]1c1nc(C2CCCC2)no1. The van der Waals surface area contributed by atoms with E-state index in [2.05, 4.69) is 29.0 Å². The van der Waals surface area contributed by atoms with E-state index in [1.54, 1.807) is 6.07 Å². The first-order valence-electron chi connectivity index (χ1n) is 8.61. The van der Waals surface area contributed by atoms with Gasteiger partial charge in [0, 0.05) is 23.7 Å². The molecule has 2 aliphatic rings. The molecular formula is C17H22N4O3S. The molecule has 0 aromatic carbocycles. The first kappa shape index (κ1) is 16.7. The van der Waals surface area contributed by atoms with Gasteiger partial charge in [-0.3, -0.25) is 4.98 Å². The molecule has 0 radical (unpaired) electrons. The normalized spacial score (nSPS) is 26.0. The van der Waals surface area contributed by atoms with Crippen molar-refractivity contribution in [1.29, 1.82) is 0 Å². The summed E-state index contributed by atoms with van der Waals surface area (Å²) in [5.74, 6) is 2.13. The summed E-state index contributed by atoms with van der Waals surface area (Å²) in [5, 5.41) is 9.33. The van der Waals surface area contributed by atoms with Gasteiger partial charge in [0.1, 0.15) is 4.90 Å². The molecule has 134 valence electrons. The monoisotopic (exact) mass is 362 g/mol. The number of primary sulfonamides is 1.